The van der Waals surface area contributed by atoms with E-state index in [9.17, 15) is 5.11 Å². The van der Waals surface area contributed by atoms with Crippen LogP contribution in [0.3, 0.4) is 0 Å². The molecule has 1 unspecified atom stereocenters. The van der Waals surface area contributed by atoms with E-state index in [1.54, 1.807) is 12.5 Å². The van der Waals surface area contributed by atoms with Gasteiger partial charge in [-0.15, -0.1) is 0 Å². The molecule has 0 radical (unpaired) electrons. The Morgan fingerprint density at radius 2 is 2.44 bits per heavy atom. The molecule has 1 aliphatic carbocycles. The first-order valence-electron chi connectivity index (χ1n) is 5.49. The van der Waals surface area contributed by atoms with Crippen molar-refractivity contribution in [2.24, 2.45) is 7.05 Å². The number of imidazole rings is 1. The van der Waals surface area contributed by atoms with Crippen LogP contribution in [0.15, 0.2) is 29.1 Å². The Morgan fingerprint density at radius 3 is 3.19 bits per heavy atom. The highest BCUT2D eigenvalue weighted by atomic mass is 16.3. The van der Waals surface area contributed by atoms with Crippen molar-refractivity contribution in [3.8, 4) is 0 Å². The lowest BCUT2D eigenvalue weighted by Gasteiger charge is -2.30. The molecule has 0 saturated heterocycles. The molecule has 3 rings (SSSR count). The van der Waals surface area contributed by atoms with E-state index in [1.165, 1.54) is 0 Å². The van der Waals surface area contributed by atoms with Gasteiger partial charge < -0.3 is 14.1 Å². The van der Waals surface area contributed by atoms with Gasteiger partial charge in [-0.05, 0) is 18.9 Å². The van der Waals surface area contributed by atoms with Crippen LogP contribution in [-0.4, -0.2) is 14.7 Å². The number of hydrogen-bond acceptors (Lipinski definition) is 3. The topological polar surface area (TPSA) is 51.2 Å². The Hall–Kier alpha value is -1.55. The molecule has 0 amide bonds. The summed E-state index contributed by atoms with van der Waals surface area (Å²) >= 11 is 0. The lowest BCUT2D eigenvalue weighted by Crippen LogP contribution is -2.33. The van der Waals surface area contributed by atoms with E-state index in [-0.39, 0.29) is 0 Å². The molecule has 0 aliphatic heterocycles. The molecule has 84 valence electrons. The van der Waals surface area contributed by atoms with Crippen molar-refractivity contribution in [2.75, 3.05) is 0 Å². The van der Waals surface area contributed by atoms with Gasteiger partial charge in [0.25, 0.3) is 0 Å². The first-order chi connectivity index (χ1) is 7.72. The van der Waals surface area contributed by atoms with Crippen molar-refractivity contribution in [1.29, 1.82) is 0 Å². The zero-order valence-electron chi connectivity index (χ0n) is 9.18. The Labute approximate surface area is 93.5 Å². The summed E-state index contributed by atoms with van der Waals surface area (Å²) in [6.07, 6.45) is 7.72. The lowest BCUT2D eigenvalue weighted by atomic mass is 9.82. The second kappa shape index (κ2) is 3.22. The second-order valence-corrected chi connectivity index (χ2v) is 4.33. The van der Waals surface area contributed by atoms with E-state index in [2.05, 4.69) is 4.98 Å². The predicted octanol–water partition coefficient (Wildman–Crippen LogP) is 1.59. The predicted molar refractivity (Wildman–Crippen MR) is 57.9 cm³/mol. The third-order valence-electron chi connectivity index (χ3n) is 3.32. The summed E-state index contributed by atoms with van der Waals surface area (Å²) in [5, 5.41) is 10.8. The van der Waals surface area contributed by atoms with Crippen molar-refractivity contribution in [3.05, 3.63) is 41.9 Å². The zero-order chi connectivity index (χ0) is 11.2. The van der Waals surface area contributed by atoms with Crippen LogP contribution in [0.25, 0.3) is 0 Å². The maximum atomic E-state index is 10.8. The molecule has 0 aromatic carbocycles. The molecule has 4 heteroatoms. The number of hydrogen-bond donors (Lipinski definition) is 1. The average Bonchev–Trinajstić information content (AvgIpc) is 2.86. The van der Waals surface area contributed by atoms with Crippen molar-refractivity contribution >= 4 is 0 Å². The van der Waals surface area contributed by atoms with Gasteiger partial charge in [-0.3, -0.25) is 0 Å². The van der Waals surface area contributed by atoms with E-state index < -0.39 is 5.60 Å². The van der Waals surface area contributed by atoms with Gasteiger partial charge >= 0.3 is 0 Å². The monoisotopic (exact) mass is 218 g/mol. The maximum Gasteiger partial charge on any atom is 0.150 e. The molecule has 2 aromatic heterocycles. The fourth-order valence-electron chi connectivity index (χ4n) is 2.54. The van der Waals surface area contributed by atoms with Gasteiger partial charge in [0, 0.05) is 31.4 Å². The highest BCUT2D eigenvalue weighted by Crippen LogP contribution is 2.39. The summed E-state index contributed by atoms with van der Waals surface area (Å²) in [5.41, 5.74) is -0.119. The number of nitrogens with zero attached hydrogens (tertiary/aromatic N) is 2. The smallest absolute Gasteiger partial charge is 0.150 e. The number of rotatable bonds is 1. The minimum Gasteiger partial charge on any atom is -0.469 e. The molecule has 1 aliphatic rings. The Bertz CT molecular complexity index is 515. The van der Waals surface area contributed by atoms with Crippen LogP contribution >= 0.6 is 0 Å². The molecule has 0 fully saturated rings. The van der Waals surface area contributed by atoms with Crippen LogP contribution < -0.4 is 0 Å². The maximum absolute atomic E-state index is 10.8. The van der Waals surface area contributed by atoms with Crippen LogP contribution in [0.5, 0.6) is 0 Å². The molecule has 2 heterocycles. The molecule has 0 bridgehead atoms. The standard InChI is InChI=1S/C12H14N2O2/c1-14-7-6-13-11(14)12(15)5-2-3-10-9(12)4-8-16-10/h4,6-8,15H,2-3,5H2,1H3. The summed E-state index contributed by atoms with van der Waals surface area (Å²) in [6, 6.07) is 1.85. The Morgan fingerprint density at radius 1 is 1.56 bits per heavy atom. The van der Waals surface area contributed by atoms with Gasteiger partial charge in [-0.2, -0.15) is 0 Å². The normalized spacial score (nSPS) is 24.4. The Kier molecular flexibility index (Phi) is 1.94. The van der Waals surface area contributed by atoms with Gasteiger partial charge in [0.15, 0.2) is 5.60 Å². The van der Waals surface area contributed by atoms with Gasteiger partial charge in [0.1, 0.15) is 11.6 Å². The third-order valence-corrected chi connectivity index (χ3v) is 3.32. The van der Waals surface area contributed by atoms with Gasteiger partial charge in [-0.1, -0.05) is 0 Å². The fraction of sp³-hybridized carbons (Fsp3) is 0.417. The molecule has 16 heavy (non-hydrogen) atoms. The van der Waals surface area contributed by atoms with Gasteiger partial charge in [0.2, 0.25) is 0 Å². The molecular formula is C12H14N2O2. The molecule has 0 saturated carbocycles. The molecule has 0 spiro atoms. The second-order valence-electron chi connectivity index (χ2n) is 4.33. The minimum atomic E-state index is -0.987. The number of fused-ring (bicyclic) bond motifs is 1. The average molecular weight is 218 g/mol. The largest absolute Gasteiger partial charge is 0.469 e. The summed E-state index contributed by atoms with van der Waals surface area (Å²) < 4.78 is 7.26. The van der Waals surface area contributed by atoms with E-state index >= 15 is 0 Å². The molecule has 1 atom stereocenters. The Balaban J connectivity index is 2.18. The van der Waals surface area contributed by atoms with Crippen LogP contribution in [0.2, 0.25) is 0 Å². The van der Waals surface area contributed by atoms with E-state index in [0.29, 0.717) is 12.2 Å². The van der Waals surface area contributed by atoms with Crippen LogP contribution in [0.4, 0.5) is 0 Å². The lowest BCUT2D eigenvalue weighted by molar-refractivity contribution is 0.0472. The zero-order valence-corrected chi connectivity index (χ0v) is 9.18. The summed E-state index contributed by atoms with van der Waals surface area (Å²) in [5.74, 6) is 1.58. The first kappa shape index (κ1) is 9.66. The van der Waals surface area contributed by atoms with Crippen molar-refractivity contribution in [1.82, 2.24) is 9.55 Å². The quantitative estimate of drug-likeness (QED) is 0.790. The number of aliphatic hydroxyl groups is 1. The van der Waals surface area contributed by atoms with E-state index in [0.717, 1.165) is 24.2 Å². The number of aryl methyl sites for hydroxylation is 2. The van der Waals surface area contributed by atoms with E-state index in [1.807, 2.05) is 23.9 Å². The third kappa shape index (κ3) is 1.16. The van der Waals surface area contributed by atoms with Gasteiger partial charge in [0.05, 0.1) is 6.26 Å². The van der Waals surface area contributed by atoms with Crippen molar-refractivity contribution < 1.29 is 9.52 Å². The van der Waals surface area contributed by atoms with Crippen LogP contribution in [0.1, 0.15) is 30.0 Å². The fourth-order valence-corrected chi connectivity index (χ4v) is 2.54. The summed E-state index contributed by atoms with van der Waals surface area (Å²) in [4.78, 5) is 4.26. The highest BCUT2D eigenvalue weighted by Gasteiger charge is 2.40. The molecule has 1 N–H and O–H groups in total. The van der Waals surface area contributed by atoms with E-state index in [4.69, 9.17) is 4.42 Å². The molecule has 4 nitrogen and oxygen atoms in total. The number of furan rings is 1. The molecular weight excluding hydrogens is 204 g/mol. The summed E-state index contributed by atoms with van der Waals surface area (Å²) in [7, 11) is 1.90. The minimum absolute atomic E-state index is 0.690. The van der Waals surface area contributed by atoms with Crippen LogP contribution in [-0.2, 0) is 19.1 Å². The summed E-state index contributed by atoms with van der Waals surface area (Å²) in [6.45, 7) is 0. The first-order valence-corrected chi connectivity index (χ1v) is 5.49. The van der Waals surface area contributed by atoms with Crippen molar-refractivity contribution in [2.45, 2.75) is 24.9 Å². The SMILES string of the molecule is Cn1ccnc1C1(O)CCCc2occc21. The highest BCUT2D eigenvalue weighted by molar-refractivity contribution is 5.34. The van der Waals surface area contributed by atoms with Crippen molar-refractivity contribution in [3.63, 3.8) is 0 Å². The molecule has 2 aromatic rings. The van der Waals surface area contributed by atoms with Gasteiger partial charge in [-0.25, -0.2) is 4.98 Å². The van der Waals surface area contributed by atoms with Crippen LogP contribution in [0, 0.1) is 0 Å². The number of aromatic nitrogens is 2.